The maximum Gasteiger partial charge on any atom is 0.228 e. The monoisotopic (exact) mass is 634 g/mol. The van der Waals surface area contributed by atoms with Gasteiger partial charge in [0.25, 0.3) is 0 Å². The molecule has 0 aliphatic carbocycles. The number of H-pyrrole nitrogens is 1. The molecule has 1 fully saturated rings. The van der Waals surface area contributed by atoms with Crippen LogP contribution in [0.4, 0.5) is 5.69 Å². The van der Waals surface area contributed by atoms with Crippen LogP contribution in [0.15, 0.2) is 115 Å². The van der Waals surface area contributed by atoms with Gasteiger partial charge in [0.15, 0.2) is 17.2 Å². The van der Waals surface area contributed by atoms with E-state index in [1.54, 1.807) is 24.3 Å². The van der Waals surface area contributed by atoms with Crippen LogP contribution in [0.1, 0.15) is 63.4 Å². The Labute approximate surface area is 271 Å². The lowest BCUT2D eigenvalue weighted by Crippen LogP contribution is -2.38. The predicted octanol–water partition coefficient (Wildman–Crippen LogP) is 6.41. The Balaban J connectivity index is 1.24. The van der Waals surface area contributed by atoms with Gasteiger partial charge in [0, 0.05) is 28.5 Å². The largest absolute Gasteiger partial charge is 0.392 e. The molecule has 0 spiro atoms. The number of aromatic amines is 1. The summed E-state index contributed by atoms with van der Waals surface area (Å²) in [5.74, 6) is 0.234. The van der Waals surface area contributed by atoms with E-state index in [1.165, 1.54) is 25.0 Å². The Bertz CT molecular complexity index is 1750. The lowest BCUT2D eigenvalue weighted by atomic mass is 9.84. The molecule has 4 aromatic carbocycles. The maximum atomic E-state index is 12.8. The molecular weight excluding hydrogens is 600 g/mol. The topological polar surface area (TPSA) is 126 Å². The number of rotatable bonds is 11. The molecule has 3 N–H and O–H groups in total. The third-order valence-corrected chi connectivity index (χ3v) is 8.88. The minimum absolute atomic E-state index is 0.0364. The van der Waals surface area contributed by atoms with Gasteiger partial charge >= 0.3 is 0 Å². The summed E-state index contributed by atoms with van der Waals surface area (Å²) in [6, 6.07) is 32.6. The van der Waals surface area contributed by atoms with E-state index in [4.69, 9.17) is 9.47 Å². The summed E-state index contributed by atoms with van der Waals surface area (Å²) in [4.78, 5) is 28.8. The van der Waals surface area contributed by atoms with Crippen LogP contribution in [0, 0.1) is 0 Å². The molecule has 0 saturated carbocycles. The molecule has 1 aliphatic rings. The highest BCUT2D eigenvalue weighted by Crippen LogP contribution is 2.47. The second-order valence-electron chi connectivity index (χ2n) is 11.1. The molecular formula is C36H34N4O5S. The summed E-state index contributed by atoms with van der Waals surface area (Å²) < 4.78 is 13.5. The Morgan fingerprint density at radius 2 is 1.61 bits per heavy atom. The molecule has 1 unspecified atom stereocenters. The Morgan fingerprint density at radius 3 is 2.30 bits per heavy atom. The molecule has 46 heavy (non-hydrogen) atoms. The maximum absolute atomic E-state index is 12.8. The molecule has 4 atom stereocenters. The van der Waals surface area contributed by atoms with Crippen molar-refractivity contribution in [2.45, 2.75) is 49.5 Å². The summed E-state index contributed by atoms with van der Waals surface area (Å²) in [5, 5.41) is 20.1. The first-order valence-electron chi connectivity index (χ1n) is 15.0. The average molecular weight is 635 g/mol. The highest BCUT2D eigenvalue weighted by molar-refractivity contribution is 7.99. The first-order valence-corrected chi connectivity index (χ1v) is 16.0. The molecule has 2 heterocycles. The standard InChI is InChI=1S/C36H34N4O5S/c1-23(42)29-8-5-9-30(19-29)39-32(43)18-24-10-16-28(17-11-24)35-44-31(21-46-36-37-22-38-40-36)33(26-6-3-2-4-7-26)34(45-35)27-14-12-25(20-41)13-15-27/h2-17,19,22,31,33-35,41H,18,20-21H2,1H3,(H,39,43)(H,37,38,40)/t31-,33-,34+,35?/m1/s1. The van der Waals surface area contributed by atoms with E-state index in [1.807, 2.05) is 66.7 Å². The molecule has 1 aliphatic heterocycles. The Morgan fingerprint density at radius 1 is 0.870 bits per heavy atom. The van der Waals surface area contributed by atoms with Crippen LogP contribution in [-0.2, 0) is 27.3 Å². The number of ketones is 1. The molecule has 1 aromatic heterocycles. The number of hydrogen-bond acceptors (Lipinski definition) is 8. The van der Waals surface area contributed by atoms with Crippen molar-refractivity contribution in [1.82, 2.24) is 15.2 Å². The van der Waals surface area contributed by atoms with Crippen LogP contribution in [0.5, 0.6) is 0 Å². The molecule has 9 nitrogen and oxygen atoms in total. The highest BCUT2D eigenvalue weighted by atomic mass is 32.2. The molecule has 0 bridgehead atoms. The van der Waals surface area contributed by atoms with Crippen LogP contribution >= 0.6 is 11.8 Å². The number of carbonyl (C=O) groups excluding carboxylic acids is 2. The smallest absolute Gasteiger partial charge is 0.228 e. The fourth-order valence-corrected chi connectivity index (χ4v) is 6.42. The Kier molecular flexibility index (Phi) is 10.00. The van der Waals surface area contributed by atoms with Crippen molar-refractivity contribution in [3.63, 3.8) is 0 Å². The van der Waals surface area contributed by atoms with E-state index in [0.717, 1.165) is 27.8 Å². The predicted molar refractivity (Wildman–Crippen MR) is 175 cm³/mol. The van der Waals surface area contributed by atoms with Crippen LogP contribution in [-0.4, -0.2) is 43.8 Å². The second kappa shape index (κ2) is 14.7. The van der Waals surface area contributed by atoms with Crippen molar-refractivity contribution in [2.75, 3.05) is 11.1 Å². The van der Waals surface area contributed by atoms with Gasteiger partial charge in [-0.05, 0) is 41.3 Å². The van der Waals surface area contributed by atoms with Crippen molar-refractivity contribution in [2.24, 2.45) is 0 Å². The van der Waals surface area contributed by atoms with Crippen molar-refractivity contribution < 1.29 is 24.2 Å². The third kappa shape index (κ3) is 7.60. The number of aliphatic hydroxyl groups is 1. The van der Waals surface area contributed by atoms with E-state index in [0.29, 0.717) is 22.2 Å². The minimum atomic E-state index is -0.667. The van der Waals surface area contributed by atoms with E-state index >= 15 is 0 Å². The molecule has 1 amide bonds. The van der Waals surface area contributed by atoms with Gasteiger partial charge in [0.05, 0.1) is 25.2 Å². The second-order valence-corrected chi connectivity index (χ2v) is 12.1. The van der Waals surface area contributed by atoms with Gasteiger partial charge in [-0.15, -0.1) is 0 Å². The van der Waals surface area contributed by atoms with Gasteiger partial charge in [-0.3, -0.25) is 14.7 Å². The first kappa shape index (κ1) is 31.4. The molecule has 234 valence electrons. The first-order chi connectivity index (χ1) is 22.5. The van der Waals surface area contributed by atoms with Crippen LogP contribution < -0.4 is 5.32 Å². The zero-order valence-corrected chi connectivity index (χ0v) is 26.0. The average Bonchev–Trinajstić information content (AvgIpc) is 3.62. The van der Waals surface area contributed by atoms with Gasteiger partial charge in [-0.1, -0.05) is 103 Å². The summed E-state index contributed by atoms with van der Waals surface area (Å²) in [5.41, 5.74) is 5.69. The van der Waals surface area contributed by atoms with Crippen LogP contribution in [0.2, 0.25) is 0 Å². The van der Waals surface area contributed by atoms with E-state index < -0.39 is 6.29 Å². The van der Waals surface area contributed by atoms with Gasteiger partial charge in [0.1, 0.15) is 6.33 Å². The number of nitrogens with zero attached hydrogens (tertiary/aromatic N) is 2. The fourth-order valence-electron chi connectivity index (χ4n) is 5.58. The lowest BCUT2D eigenvalue weighted by Gasteiger charge is -2.43. The number of thioether (sulfide) groups is 1. The van der Waals surface area contributed by atoms with Crippen molar-refractivity contribution in [3.8, 4) is 0 Å². The van der Waals surface area contributed by atoms with Gasteiger partial charge in [0.2, 0.25) is 5.91 Å². The van der Waals surface area contributed by atoms with E-state index in [2.05, 4.69) is 32.6 Å². The summed E-state index contributed by atoms with van der Waals surface area (Å²) in [6.07, 6.45) is 0.394. The quantitative estimate of drug-likeness (QED) is 0.112. The summed E-state index contributed by atoms with van der Waals surface area (Å²) >= 11 is 1.54. The van der Waals surface area contributed by atoms with E-state index in [-0.39, 0.29) is 42.8 Å². The van der Waals surface area contributed by atoms with Crippen molar-refractivity contribution in [1.29, 1.82) is 0 Å². The zero-order chi connectivity index (χ0) is 31.9. The number of aliphatic hydroxyl groups excluding tert-OH is 1. The Hall–Kier alpha value is -4.61. The molecule has 10 heteroatoms. The van der Waals surface area contributed by atoms with Crippen molar-refractivity contribution >= 4 is 29.1 Å². The number of Topliss-reactive ketones (excluding diaryl/α,β-unsaturated/α-hetero) is 1. The van der Waals surface area contributed by atoms with Gasteiger partial charge < -0.3 is 19.9 Å². The number of anilines is 1. The number of benzene rings is 4. The molecule has 1 saturated heterocycles. The fraction of sp³-hybridized carbons (Fsp3) is 0.222. The highest BCUT2D eigenvalue weighted by Gasteiger charge is 2.42. The number of nitrogens with one attached hydrogen (secondary N) is 2. The van der Waals surface area contributed by atoms with Crippen LogP contribution in [0.25, 0.3) is 0 Å². The third-order valence-electron chi connectivity index (χ3n) is 7.92. The number of hydrogen-bond donors (Lipinski definition) is 3. The number of ether oxygens (including phenoxy) is 2. The van der Waals surface area contributed by atoms with Gasteiger partial charge in [-0.2, -0.15) is 5.10 Å². The van der Waals surface area contributed by atoms with Crippen molar-refractivity contribution in [3.05, 3.63) is 143 Å². The summed E-state index contributed by atoms with van der Waals surface area (Å²) in [7, 11) is 0. The van der Waals surface area contributed by atoms with Gasteiger partial charge in [-0.25, -0.2) is 4.98 Å². The normalized spacial score (nSPS) is 19.4. The molecule has 0 radical (unpaired) electrons. The number of aromatic nitrogens is 3. The van der Waals surface area contributed by atoms with Crippen LogP contribution in [0.3, 0.4) is 0 Å². The lowest BCUT2D eigenvalue weighted by molar-refractivity contribution is -0.255. The zero-order valence-electron chi connectivity index (χ0n) is 25.2. The molecule has 6 rings (SSSR count). The molecule has 5 aromatic rings. The number of amides is 1. The van der Waals surface area contributed by atoms with E-state index in [9.17, 15) is 14.7 Å². The minimum Gasteiger partial charge on any atom is -0.392 e. The summed E-state index contributed by atoms with van der Waals surface area (Å²) in [6.45, 7) is 1.46. The number of carbonyl (C=O) groups is 2. The SMILES string of the molecule is CC(=O)c1cccc(NC(=O)Cc2ccc(C3O[C@H](CSc4ncn[nH]4)[C@@H](c4ccccc4)[C@H](c4ccc(CO)cc4)O3)cc2)c1.